The molecule has 0 spiro atoms. The maximum atomic E-state index is 3.82. The lowest BCUT2D eigenvalue weighted by atomic mass is 9.83. The SMILES string of the molecule is C=CCCCCC1=CC2CCCC(C1)N2Cc1ccccc1. The van der Waals surface area contributed by atoms with Crippen molar-refractivity contribution in [2.24, 2.45) is 0 Å². The lowest BCUT2D eigenvalue weighted by Crippen LogP contribution is -2.47. The van der Waals surface area contributed by atoms with Crippen LogP contribution in [0.15, 0.2) is 54.6 Å². The normalized spacial score (nSPS) is 24.8. The van der Waals surface area contributed by atoms with E-state index in [0.29, 0.717) is 6.04 Å². The molecule has 1 fully saturated rings. The molecule has 2 aliphatic rings. The Morgan fingerprint density at radius 3 is 2.77 bits per heavy atom. The molecule has 0 aromatic heterocycles. The molecule has 1 nitrogen and oxygen atoms in total. The first-order valence-corrected chi connectivity index (χ1v) is 8.97. The molecule has 0 aliphatic carbocycles. The van der Waals surface area contributed by atoms with E-state index < -0.39 is 0 Å². The van der Waals surface area contributed by atoms with E-state index in [1.54, 1.807) is 5.57 Å². The molecule has 22 heavy (non-hydrogen) atoms. The Morgan fingerprint density at radius 1 is 1.14 bits per heavy atom. The first-order valence-electron chi connectivity index (χ1n) is 8.97. The number of nitrogens with zero attached hydrogens (tertiary/aromatic N) is 1. The minimum absolute atomic E-state index is 0.683. The van der Waals surface area contributed by atoms with E-state index in [9.17, 15) is 0 Å². The minimum atomic E-state index is 0.683. The van der Waals surface area contributed by atoms with Crippen molar-refractivity contribution in [1.29, 1.82) is 0 Å². The van der Waals surface area contributed by atoms with Crippen LogP contribution in [0.5, 0.6) is 0 Å². The lowest BCUT2D eigenvalue weighted by molar-refractivity contribution is 0.0876. The van der Waals surface area contributed by atoms with Gasteiger partial charge in [0.15, 0.2) is 0 Å². The van der Waals surface area contributed by atoms with Crippen molar-refractivity contribution < 1.29 is 0 Å². The third-order valence-electron chi connectivity index (χ3n) is 5.22. The fraction of sp³-hybridized carbons (Fsp3) is 0.524. The highest BCUT2D eigenvalue weighted by Crippen LogP contribution is 2.35. The second kappa shape index (κ2) is 7.78. The van der Waals surface area contributed by atoms with Crippen LogP contribution in [0.25, 0.3) is 0 Å². The molecular formula is C21H29N. The quantitative estimate of drug-likeness (QED) is 0.475. The van der Waals surface area contributed by atoms with Crippen molar-refractivity contribution in [2.75, 3.05) is 0 Å². The van der Waals surface area contributed by atoms with Gasteiger partial charge in [-0.1, -0.05) is 54.5 Å². The second-order valence-corrected chi connectivity index (χ2v) is 6.87. The maximum absolute atomic E-state index is 3.82. The highest BCUT2D eigenvalue weighted by molar-refractivity contribution is 5.20. The Bertz CT molecular complexity index is 502. The smallest absolute Gasteiger partial charge is 0.0287 e. The summed E-state index contributed by atoms with van der Waals surface area (Å²) in [6.45, 7) is 4.94. The monoisotopic (exact) mass is 295 g/mol. The molecule has 0 radical (unpaired) electrons. The summed E-state index contributed by atoms with van der Waals surface area (Å²) in [5, 5.41) is 0. The van der Waals surface area contributed by atoms with Crippen molar-refractivity contribution >= 4 is 0 Å². The van der Waals surface area contributed by atoms with Gasteiger partial charge >= 0.3 is 0 Å². The van der Waals surface area contributed by atoms with Crippen molar-refractivity contribution in [3.05, 3.63) is 60.2 Å². The highest BCUT2D eigenvalue weighted by atomic mass is 15.2. The van der Waals surface area contributed by atoms with E-state index in [1.165, 1.54) is 56.9 Å². The second-order valence-electron chi connectivity index (χ2n) is 6.87. The minimum Gasteiger partial charge on any atom is -0.289 e. The summed E-state index contributed by atoms with van der Waals surface area (Å²) < 4.78 is 0. The van der Waals surface area contributed by atoms with Crippen LogP contribution in [-0.4, -0.2) is 17.0 Å². The zero-order chi connectivity index (χ0) is 15.2. The molecule has 2 aliphatic heterocycles. The molecule has 2 bridgehead atoms. The van der Waals surface area contributed by atoms with Crippen LogP contribution in [0.2, 0.25) is 0 Å². The van der Waals surface area contributed by atoms with Crippen molar-refractivity contribution in [1.82, 2.24) is 4.90 Å². The third-order valence-corrected chi connectivity index (χ3v) is 5.22. The molecule has 2 heterocycles. The van der Waals surface area contributed by atoms with E-state index in [0.717, 1.165) is 12.6 Å². The maximum Gasteiger partial charge on any atom is 0.0287 e. The fourth-order valence-corrected chi connectivity index (χ4v) is 4.07. The number of hydrogen-bond acceptors (Lipinski definition) is 1. The fourth-order valence-electron chi connectivity index (χ4n) is 4.07. The van der Waals surface area contributed by atoms with Crippen LogP contribution in [0.3, 0.4) is 0 Å². The predicted molar refractivity (Wildman–Crippen MR) is 94.8 cm³/mol. The van der Waals surface area contributed by atoms with Gasteiger partial charge in [-0.25, -0.2) is 0 Å². The highest BCUT2D eigenvalue weighted by Gasteiger charge is 2.33. The van der Waals surface area contributed by atoms with E-state index >= 15 is 0 Å². The number of piperidine rings is 1. The van der Waals surface area contributed by atoms with Crippen LogP contribution < -0.4 is 0 Å². The van der Waals surface area contributed by atoms with Gasteiger partial charge in [-0.3, -0.25) is 4.90 Å². The van der Waals surface area contributed by atoms with Gasteiger partial charge in [-0.15, -0.1) is 6.58 Å². The first kappa shape index (κ1) is 15.6. The van der Waals surface area contributed by atoms with Crippen molar-refractivity contribution in [2.45, 2.75) is 70.0 Å². The van der Waals surface area contributed by atoms with Crippen LogP contribution in [0.4, 0.5) is 0 Å². The van der Waals surface area contributed by atoms with Crippen LogP contribution in [-0.2, 0) is 6.54 Å². The Morgan fingerprint density at radius 2 is 2.00 bits per heavy atom. The summed E-state index contributed by atoms with van der Waals surface area (Å²) in [5.74, 6) is 0. The topological polar surface area (TPSA) is 3.24 Å². The van der Waals surface area contributed by atoms with Crippen LogP contribution in [0, 0.1) is 0 Å². The lowest BCUT2D eigenvalue weighted by Gasteiger charge is -2.45. The molecule has 0 amide bonds. The van der Waals surface area contributed by atoms with Gasteiger partial charge in [0.2, 0.25) is 0 Å². The Labute approximate surface area is 135 Å². The summed E-state index contributed by atoms with van der Waals surface area (Å²) in [7, 11) is 0. The number of rotatable bonds is 7. The first-order chi connectivity index (χ1) is 10.9. The van der Waals surface area contributed by atoms with Gasteiger partial charge in [-0.2, -0.15) is 0 Å². The zero-order valence-electron chi connectivity index (χ0n) is 13.7. The van der Waals surface area contributed by atoms with Gasteiger partial charge < -0.3 is 0 Å². The van der Waals surface area contributed by atoms with Gasteiger partial charge in [0.25, 0.3) is 0 Å². The molecule has 0 N–H and O–H groups in total. The number of hydrogen-bond donors (Lipinski definition) is 0. The molecule has 1 saturated heterocycles. The Balaban J connectivity index is 1.62. The molecule has 2 atom stereocenters. The summed E-state index contributed by atoms with van der Waals surface area (Å²) >= 11 is 0. The summed E-state index contributed by atoms with van der Waals surface area (Å²) in [6.07, 6.45) is 15.2. The van der Waals surface area contributed by atoms with Gasteiger partial charge in [0, 0.05) is 18.6 Å². The van der Waals surface area contributed by atoms with Crippen molar-refractivity contribution in [3.8, 4) is 0 Å². The molecule has 1 heteroatoms. The molecule has 2 unspecified atom stereocenters. The third kappa shape index (κ3) is 3.89. The number of allylic oxidation sites excluding steroid dienone is 1. The van der Waals surface area contributed by atoms with Gasteiger partial charge in [-0.05, 0) is 50.5 Å². The average molecular weight is 295 g/mol. The van der Waals surface area contributed by atoms with E-state index in [2.05, 4.69) is 47.9 Å². The van der Waals surface area contributed by atoms with Crippen molar-refractivity contribution in [3.63, 3.8) is 0 Å². The van der Waals surface area contributed by atoms with E-state index in [-0.39, 0.29) is 0 Å². The average Bonchev–Trinajstić information content (AvgIpc) is 2.53. The number of benzene rings is 1. The van der Waals surface area contributed by atoms with E-state index in [4.69, 9.17) is 0 Å². The molecular weight excluding hydrogens is 266 g/mol. The molecule has 3 rings (SSSR count). The Kier molecular flexibility index (Phi) is 5.50. The molecule has 1 aromatic carbocycles. The summed E-state index contributed by atoms with van der Waals surface area (Å²) in [5.41, 5.74) is 3.19. The Hall–Kier alpha value is -1.34. The summed E-state index contributed by atoms with van der Waals surface area (Å²) in [4.78, 5) is 2.76. The summed E-state index contributed by atoms with van der Waals surface area (Å²) in [6, 6.07) is 12.4. The van der Waals surface area contributed by atoms with Crippen LogP contribution >= 0.6 is 0 Å². The van der Waals surface area contributed by atoms with Gasteiger partial charge in [0.05, 0.1) is 0 Å². The zero-order valence-corrected chi connectivity index (χ0v) is 13.7. The largest absolute Gasteiger partial charge is 0.289 e. The number of unbranched alkanes of at least 4 members (excludes halogenated alkanes) is 2. The molecule has 0 saturated carbocycles. The number of fused-ring (bicyclic) bond motifs is 2. The van der Waals surface area contributed by atoms with Gasteiger partial charge in [0.1, 0.15) is 0 Å². The standard InChI is InChI=1S/C21H29N/c1-2-3-4-6-12-19-15-20-13-9-14-21(16-19)22(20)17-18-10-7-5-8-11-18/h2,5,7-8,10-11,15,20-21H,1,3-4,6,9,12-14,16-17H2. The van der Waals surface area contributed by atoms with Crippen LogP contribution in [0.1, 0.15) is 56.9 Å². The predicted octanol–water partition coefficient (Wildman–Crippen LogP) is 5.49. The molecule has 118 valence electrons. The molecule has 1 aromatic rings. The van der Waals surface area contributed by atoms with E-state index in [1.807, 2.05) is 6.08 Å².